The summed E-state index contributed by atoms with van der Waals surface area (Å²) in [5, 5.41) is 19.6. The van der Waals surface area contributed by atoms with Crippen molar-refractivity contribution in [1.29, 1.82) is 10.5 Å². The maximum absolute atomic E-state index is 8.81. The molecule has 1 heterocycles. The quantitative estimate of drug-likeness (QED) is 0.699. The van der Waals surface area contributed by atoms with E-state index in [2.05, 4.69) is 0 Å². The van der Waals surface area contributed by atoms with E-state index in [1.807, 2.05) is 47.9 Å². The summed E-state index contributed by atoms with van der Waals surface area (Å²) in [7, 11) is 0. The summed E-state index contributed by atoms with van der Waals surface area (Å²) in [4.78, 5) is 1.17. The summed E-state index contributed by atoms with van der Waals surface area (Å²) in [5.41, 5.74) is 1.87. The summed E-state index contributed by atoms with van der Waals surface area (Å²) in [6.45, 7) is 0. The molecule has 1 aromatic heterocycles. The zero-order valence-corrected chi connectivity index (χ0v) is 9.74. The summed E-state index contributed by atoms with van der Waals surface area (Å²) >= 11 is 1.66. The number of thiophene rings is 1. The number of rotatable bonds is 1. The molecule has 0 saturated heterocycles. The smallest absolute Gasteiger partial charge is 0.136 e. The van der Waals surface area contributed by atoms with E-state index in [9.17, 15) is 0 Å². The van der Waals surface area contributed by atoms with Crippen LogP contribution in [0.25, 0.3) is 5.57 Å². The van der Waals surface area contributed by atoms with Gasteiger partial charge in [0.25, 0.3) is 0 Å². The normalized spacial score (nSPS) is 13.5. The standard InChI is InChI=1S/C14H8N2S/c15-9-13(10-16)11-3-1-4-12(7-6-11)14-5-2-8-17-14/h1-8H. The van der Waals surface area contributed by atoms with Crippen LogP contribution in [0.2, 0.25) is 0 Å². The van der Waals surface area contributed by atoms with E-state index < -0.39 is 0 Å². The van der Waals surface area contributed by atoms with Gasteiger partial charge in [-0.15, -0.1) is 11.3 Å². The zero-order valence-electron chi connectivity index (χ0n) is 8.92. The molecule has 0 bridgehead atoms. The minimum absolute atomic E-state index is 0.137. The Hall–Kier alpha value is -2.36. The summed E-state index contributed by atoms with van der Waals surface area (Å²) in [5.74, 6) is 0. The molecule has 1 aliphatic rings. The SMILES string of the molecule is N#CC(C#N)=C1C=CC=C(c2cccs2)C=C1. The van der Waals surface area contributed by atoms with E-state index in [4.69, 9.17) is 10.5 Å². The van der Waals surface area contributed by atoms with Crippen LogP contribution in [-0.4, -0.2) is 0 Å². The van der Waals surface area contributed by atoms with Crippen LogP contribution in [0, 0.1) is 22.7 Å². The highest BCUT2D eigenvalue weighted by molar-refractivity contribution is 7.11. The lowest BCUT2D eigenvalue weighted by molar-refractivity contribution is 1.44. The molecule has 0 radical (unpaired) electrons. The first-order valence-electron chi connectivity index (χ1n) is 5.00. The summed E-state index contributed by atoms with van der Waals surface area (Å²) in [6, 6.07) is 7.83. The number of nitrogens with zero attached hydrogens (tertiary/aromatic N) is 2. The van der Waals surface area contributed by atoms with Crippen molar-refractivity contribution < 1.29 is 0 Å². The Balaban J connectivity index is 2.38. The predicted molar refractivity (Wildman–Crippen MR) is 68.8 cm³/mol. The van der Waals surface area contributed by atoms with E-state index in [-0.39, 0.29) is 5.57 Å². The third kappa shape index (κ3) is 2.42. The fraction of sp³-hybridized carbons (Fsp3) is 0. The van der Waals surface area contributed by atoms with Crippen molar-refractivity contribution in [2.24, 2.45) is 0 Å². The van der Waals surface area contributed by atoms with E-state index in [1.165, 1.54) is 4.88 Å². The first-order valence-corrected chi connectivity index (χ1v) is 5.88. The van der Waals surface area contributed by atoms with Crippen molar-refractivity contribution in [1.82, 2.24) is 0 Å². The van der Waals surface area contributed by atoms with Gasteiger partial charge in [-0.25, -0.2) is 0 Å². The molecule has 0 spiro atoms. The minimum Gasteiger partial charge on any atom is -0.192 e. The number of hydrogen-bond donors (Lipinski definition) is 0. The molecule has 0 unspecified atom stereocenters. The molecule has 2 rings (SSSR count). The topological polar surface area (TPSA) is 47.6 Å². The van der Waals surface area contributed by atoms with Gasteiger partial charge in [0.05, 0.1) is 0 Å². The van der Waals surface area contributed by atoms with E-state index in [0.29, 0.717) is 5.57 Å². The molecule has 0 saturated carbocycles. The van der Waals surface area contributed by atoms with Gasteiger partial charge < -0.3 is 0 Å². The Kier molecular flexibility index (Phi) is 3.35. The zero-order chi connectivity index (χ0) is 12.1. The second-order valence-corrected chi connectivity index (χ2v) is 4.29. The highest BCUT2D eigenvalue weighted by Crippen LogP contribution is 2.24. The largest absolute Gasteiger partial charge is 0.192 e. The number of allylic oxidation sites excluding steroid dienone is 8. The highest BCUT2D eigenvalue weighted by Gasteiger charge is 2.04. The Morgan fingerprint density at radius 3 is 2.59 bits per heavy atom. The molecule has 1 aromatic rings. The lowest BCUT2D eigenvalue weighted by Crippen LogP contribution is -1.80. The Morgan fingerprint density at radius 2 is 1.94 bits per heavy atom. The lowest BCUT2D eigenvalue weighted by atomic mass is 10.1. The van der Waals surface area contributed by atoms with Gasteiger partial charge in [-0.1, -0.05) is 36.4 Å². The number of nitriles is 2. The Bertz CT molecular complexity index is 598. The van der Waals surface area contributed by atoms with E-state index in [1.54, 1.807) is 23.5 Å². The summed E-state index contributed by atoms with van der Waals surface area (Å²) in [6.07, 6.45) is 9.34. The van der Waals surface area contributed by atoms with Crippen LogP contribution in [0.5, 0.6) is 0 Å². The average molecular weight is 236 g/mol. The van der Waals surface area contributed by atoms with Crippen molar-refractivity contribution in [2.75, 3.05) is 0 Å². The first-order chi connectivity index (χ1) is 8.35. The second-order valence-electron chi connectivity index (χ2n) is 3.35. The van der Waals surface area contributed by atoms with Gasteiger partial charge >= 0.3 is 0 Å². The maximum Gasteiger partial charge on any atom is 0.136 e. The molecule has 0 aliphatic heterocycles. The maximum atomic E-state index is 8.81. The van der Waals surface area contributed by atoms with Gasteiger partial charge in [-0.05, 0) is 17.0 Å². The molecule has 80 valence electrons. The van der Waals surface area contributed by atoms with Crippen LogP contribution < -0.4 is 0 Å². The van der Waals surface area contributed by atoms with Gasteiger partial charge in [-0.3, -0.25) is 0 Å². The predicted octanol–water partition coefficient (Wildman–Crippen LogP) is 3.60. The lowest BCUT2D eigenvalue weighted by Gasteiger charge is -1.94. The average Bonchev–Trinajstić information content (AvgIpc) is 2.78. The molecular formula is C14H8N2S. The molecule has 0 N–H and O–H groups in total. The molecule has 0 fully saturated rings. The second kappa shape index (κ2) is 5.12. The molecule has 3 heteroatoms. The van der Waals surface area contributed by atoms with Crippen molar-refractivity contribution in [2.45, 2.75) is 0 Å². The van der Waals surface area contributed by atoms with Crippen LogP contribution >= 0.6 is 11.3 Å². The molecule has 2 nitrogen and oxygen atoms in total. The van der Waals surface area contributed by atoms with Crippen molar-refractivity contribution in [3.63, 3.8) is 0 Å². The van der Waals surface area contributed by atoms with Crippen LogP contribution in [-0.2, 0) is 0 Å². The third-order valence-electron chi connectivity index (χ3n) is 2.31. The minimum atomic E-state index is 0.137. The van der Waals surface area contributed by atoms with Gasteiger partial charge in [0.1, 0.15) is 17.7 Å². The van der Waals surface area contributed by atoms with Gasteiger partial charge in [-0.2, -0.15) is 10.5 Å². The third-order valence-corrected chi connectivity index (χ3v) is 3.23. The van der Waals surface area contributed by atoms with Crippen LogP contribution in [0.1, 0.15) is 4.88 Å². The van der Waals surface area contributed by atoms with Crippen LogP contribution in [0.4, 0.5) is 0 Å². The van der Waals surface area contributed by atoms with Gasteiger partial charge in [0.2, 0.25) is 0 Å². The number of hydrogen-bond acceptors (Lipinski definition) is 3. The van der Waals surface area contributed by atoms with Crippen molar-refractivity contribution in [3.8, 4) is 12.1 Å². The van der Waals surface area contributed by atoms with Gasteiger partial charge in [0, 0.05) is 10.5 Å². The van der Waals surface area contributed by atoms with Gasteiger partial charge in [0.15, 0.2) is 0 Å². The fourth-order valence-electron chi connectivity index (χ4n) is 1.47. The van der Waals surface area contributed by atoms with Crippen molar-refractivity contribution >= 4 is 16.9 Å². The molecule has 0 aromatic carbocycles. The Morgan fingerprint density at radius 1 is 1.12 bits per heavy atom. The van der Waals surface area contributed by atoms with Crippen LogP contribution in [0.3, 0.4) is 0 Å². The van der Waals surface area contributed by atoms with E-state index in [0.717, 1.165) is 5.57 Å². The molecule has 17 heavy (non-hydrogen) atoms. The molecular weight excluding hydrogens is 228 g/mol. The first kappa shape index (κ1) is 11.1. The Labute approximate surface area is 104 Å². The highest BCUT2D eigenvalue weighted by atomic mass is 32.1. The summed E-state index contributed by atoms with van der Waals surface area (Å²) < 4.78 is 0. The molecule has 0 atom stereocenters. The van der Waals surface area contributed by atoms with Crippen LogP contribution in [0.15, 0.2) is 59.0 Å². The monoisotopic (exact) mass is 236 g/mol. The molecule has 0 amide bonds. The molecule has 1 aliphatic carbocycles. The fourth-order valence-corrected chi connectivity index (χ4v) is 2.21. The van der Waals surface area contributed by atoms with E-state index >= 15 is 0 Å². The van der Waals surface area contributed by atoms with Crippen molar-refractivity contribution in [3.05, 3.63) is 63.9 Å².